The van der Waals surface area contributed by atoms with Crippen molar-refractivity contribution >= 4 is 45.7 Å². The lowest BCUT2D eigenvalue weighted by Crippen LogP contribution is -2.24. The molecule has 1 heterocycles. The minimum atomic E-state index is -4.76. The van der Waals surface area contributed by atoms with Crippen molar-refractivity contribution in [3.05, 3.63) is 112 Å². The van der Waals surface area contributed by atoms with Gasteiger partial charge in [-0.3, -0.25) is 4.79 Å². The van der Waals surface area contributed by atoms with E-state index < -0.39 is 6.36 Å². The number of hydrogen-bond acceptors (Lipinski definition) is 5. The molecule has 258 valence electrons. The summed E-state index contributed by atoms with van der Waals surface area (Å²) in [4.78, 5) is 19.8. The first kappa shape index (κ1) is 36.2. The van der Waals surface area contributed by atoms with Crippen LogP contribution in [0.3, 0.4) is 0 Å². The van der Waals surface area contributed by atoms with Crippen molar-refractivity contribution in [1.29, 1.82) is 0 Å². The zero-order valence-corrected chi connectivity index (χ0v) is 29.2. The number of fused-ring (bicyclic) bond motifs is 1. The Morgan fingerprint density at radius 3 is 2.18 bits per heavy atom. The zero-order valence-electron chi connectivity index (χ0n) is 27.7. The molecule has 0 bridgehead atoms. The SMILES string of the molecule is CCCN(CCC)c1ccc(-c2nc3cc(C(CC(C)=O)NCc4ccc(Cl)c(Cl)c4)ccc3n2Cc2ccc(OC(F)(F)F)cc2)cc1. The quantitative estimate of drug-likeness (QED) is 0.117. The topological polar surface area (TPSA) is 59.4 Å². The highest BCUT2D eigenvalue weighted by atomic mass is 35.5. The Hall–Kier alpha value is -4.05. The number of nitrogens with zero attached hydrogens (tertiary/aromatic N) is 3. The van der Waals surface area contributed by atoms with Crippen LogP contribution in [0.4, 0.5) is 18.9 Å². The smallest absolute Gasteiger partial charge is 0.406 e. The predicted molar refractivity (Wildman–Crippen MR) is 192 cm³/mol. The normalized spacial score (nSPS) is 12.3. The van der Waals surface area contributed by atoms with Gasteiger partial charge in [0.2, 0.25) is 0 Å². The number of imidazole rings is 1. The first-order valence-corrected chi connectivity index (χ1v) is 17.1. The van der Waals surface area contributed by atoms with Gasteiger partial charge in [0.15, 0.2) is 0 Å². The van der Waals surface area contributed by atoms with Gasteiger partial charge in [0.05, 0.1) is 21.1 Å². The van der Waals surface area contributed by atoms with Crippen molar-refractivity contribution in [2.24, 2.45) is 0 Å². The molecule has 0 amide bonds. The van der Waals surface area contributed by atoms with Gasteiger partial charge in [0.25, 0.3) is 0 Å². The number of nitrogens with one attached hydrogen (secondary N) is 1. The second-order valence-electron chi connectivity index (χ2n) is 12.1. The Morgan fingerprint density at radius 2 is 1.57 bits per heavy atom. The summed E-state index contributed by atoms with van der Waals surface area (Å²) in [6.45, 7) is 8.66. The summed E-state index contributed by atoms with van der Waals surface area (Å²) in [5.41, 5.74) is 6.24. The molecule has 1 unspecified atom stereocenters. The van der Waals surface area contributed by atoms with E-state index >= 15 is 0 Å². The highest BCUT2D eigenvalue weighted by Crippen LogP contribution is 2.32. The fraction of sp³-hybridized carbons (Fsp3) is 0.316. The van der Waals surface area contributed by atoms with E-state index in [4.69, 9.17) is 28.2 Å². The number of alkyl halides is 3. The summed E-state index contributed by atoms with van der Waals surface area (Å²) >= 11 is 12.3. The van der Waals surface area contributed by atoms with E-state index in [1.165, 1.54) is 12.1 Å². The lowest BCUT2D eigenvalue weighted by molar-refractivity contribution is -0.274. The first-order valence-electron chi connectivity index (χ1n) is 16.3. The summed E-state index contributed by atoms with van der Waals surface area (Å²) < 4.78 is 44.5. The summed E-state index contributed by atoms with van der Waals surface area (Å²) in [7, 11) is 0. The molecule has 5 aromatic rings. The number of carbonyl (C=O) groups is 1. The maximum absolute atomic E-state index is 12.8. The van der Waals surface area contributed by atoms with Crippen molar-refractivity contribution in [3.63, 3.8) is 0 Å². The summed E-state index contributed by atoms with van der Waals surface area (Å²) in [5.74, 6) is 0.482. The molecule has 11 heteroatoms. The van der Waals surface area contributed by atoms with Crippen LogP contribution in [0, 0.1) is 0 Å². The summed E-state index contributed by atoms with van der Waals surface area (Å²) in [5, 5.41) is 4.43. The number of hydrogen-bond donors (Lipinski definition) is 1. The number of rotatable bonds is 15. The number of ether oxygens (including phenoxy) is 1. The average Bonchev–Trinajstić information content (AvgIpc) is 3.42. The number of aromatic nitrogens is 2. The van der Waals surface area contributed by atoms with Crippen molar-refractivity contribution in [2.45, 2.75) is 65.5 Å². The Labute approximate surface area is 294 Å². The fourth-order valence-corrected chi connectivity index (χ4v) is 6.26. The average molecular weight is 712 g/mol. The third-order valence-corrected chi connectivity index (χ3v) is 8.92. The second kappa shape index (κ2) is 16.1. The van der Waals surface area contributed by atoms with E-state index in [2.05, 4.69) is 57.6 Å². The van der Waals surface area contributed by atoms with Crippen LogP contribution in [-0.2, 0) is 17.9 Å². The van der Waals surface area contributed by atoms with Crippen LogP contribution in [-0.4, -0.2) is 34.8 Å². The van der Waals surface area contributed by atoms with Gasteiger partial charge in [0, 0.05) is 49.9 Å². The Kier molecular flexibility index (Phi) is 11.9. The van der Waals surface area contributed by atoms with Crippen LogP contribution in [0.5, 0.6) is 5.75 Å². The predicted octanol–water partition coefficient (Wildman–Crippen LogP) is 10.4. The summed E-state index contributed by atoms with van der Waals surface area (Å²) in [6, 6.07) is 25.3. The molecular formula is C38H39Cl2F3N4O2. The molecule has 0 saturated heterocycles. The fourth-order valence-electron chi connectivity index (χ4n) is 5.94. The van der Waals surface area contributed by atoms with Crippen molar-refractivity contribution in [1.82, 2.24) is 14.9 Å². The van der Waals surface area contributed by atoms with Crippen LogP contribution in [0.2, 0.25) is 10.0 Å². The monoisotopic (exact) mass is 710 g/mol. The van der Waals surface area contributed by atoms with E-state index in [1.54, 1.807) is 31.2 Å². The lowest BCUT2D eigenvalue weighted by atomic mass is 10.0. The number of halogens is 5. The van der Waals surface area contributed by atoms with E-state index in [0.29, 0.717) is 23.1 Å². The molecule has 1 atom stereocenters. The number of Topliss-reactive ketones (excluding diaryl/α,β-unsaturated/α-hetero) is 1. The molecule has 1 N–H and O–H groups in total. The highest BCUT2D eigenvalue weighted by Gasteiger charge is 2.31. The molecule has 0 radical (unpaired) electrons. The van der Waals surface area contributed by atoms with Gasteiger partial charge in [0.1, 0.15) is 17.4 Å². The molecule has 1 aromatic heterocycles. The Morgan fingerprint density at radius 1 is 0.898 bits per heavy atom. The van der Waals surface area contributed by atoms with Gasteiger partial charge >= 0.3 is 6.36 Å². The maximum Gasteiger partial charge on any atom is 0.573 e. The van der Waals surface area contributed by atoms with Crippen LogP contribution >= 0.6 is 23.2 Å². The number of carbonyl (C=O) groups excluding carboxylic acids is 1. The Bertz CT molecular complexity index is 1870. The van der Waals surface area contributed by atoms with Gasteiger partial charge in [-0.05, 0) is 97.1 Å². The van der Waals surface area contributed by atoms with E-state index in [0.717, 1.165) is 70.7 Å². The Balaban J connectivity index is 1.51. The van der Waals surface area contributed by atoms with E-state index in [-0.39, 0.29) is 24.0 Å². The number of ketones is 1. The lowest BCUT2D eigenvalue weighted by Gasteiger charge is -2.24. The molecule has 0 aliphatic rings. The third-order valence-electron chi connectivity index (χ3n) is 8.18. The van der Waals surface area contributed by atoms with Gasteiger partial charge in [-0.2, -0.15) is 0 Å². The first-order chi connectivity index (χ1) is 23.4. The zero-order chi connectivity index (χ0) is 35.1. The minimum Gasteiger partial charge on any atom is -0.406 e. The number of anilines is 1. The van der Waals surface area contributed by atoms with Gasteiger partial charge in [-0.25, -0.2) is 4.98 Å². The summed E-state index contributed by atoms with van der Waals surface area (Å²) in [6.07, 6.45) is -2.40. The molecule has 0 saturated carbocycles. The van der Waals surface area contributed by atoms with Crippen LogP contribution < -0.4 is 15.0 Å². The highest BCUT2D eigenvalue weighted by molar-refractivity contribution is 6.42. The second-order valence-corrected chi connectivity index (χ2v) is 12.9. The van der Waals surface area contributed by atoms with Crippen LogP contribution in [0.25, 0.3) is 22.4 Å². The minimum absolute atomic E-state index is 0.0381. The molecule has 0 aliphatic heterocycles. The molecule has 5 rings (SSSR count). The molecule has 4 aromatic carbocycles. The number of benzene rings is 4. The largest absolute Gasteiger partial charge is 0.573 e. The third kappa shape index (κ3) is 9.56. The van der Waals surface area contributed by atoms with Crippen molar-refractivity contribution < 1.29 is 22.7 Å². The molecule has 0 spiro atoms. The van der Waals surface area contributed by atoms with Crippen LogP contribution in [0.15, 0.2) is 84.9 Å². The van der Waals surface area contributed by atoms with Crippen molar-refractivity contribution in [3.8, 4) is 17.1 Å². The van der Waals surface area contributed by atoms with Gasteiger partial charge in [-0.1, -0.05) is 61.3 Å². The van der Waals surface area contributed by atoms with E-state index in [1.807, 2.05) is 24.3 Å². The van der Waals surface area contributed by atoms with E-state index in [9.17, 15) is 18.0 Å². The van der Waals surface area contributed by atoms with Crippen LogP contribution in [0.1, 0.15) is 62.8 Å². The van der Waals surface area contributed by atoms with Crippen molar-refractivity contribution in [2.75, 3.05) is 18.0 Å². The van der Waals surface area contributed by atoms with Gasteiger partial charge in [-0.15, -0.1) is 13.2 Å². The molecule has 49 heavy (non-hydrogen) atoms. The molecule has 0 aliphatic carbocycles. The van der Waals surface area contributed by atoms with Gasteiger partial charge < -0.3 is 19.5 Å². The molecular weight excluding hydrogens is 672 g/mol. The standard InChI is InChI=1S/C38H39Cl2F3N4O2/c1-4-18-46(19-5-2)30-12-9-28(10-13-30)37-45-35-22-29(34(20-25(3)48)44-23-27-8-16-32(39)33(40)21-27)11-17-36(35)47(37)24-26-6-14-31(15-7-26)49-38(41,42)43/h6-17,21-22,34,44H,4-5,18-20,23-24H2,1-3H3. The maximum atomic E-state index is 12.8. The molecule has 0 fully saturated rings. The molecule has 6 nitrogen and oxygen atoms in total.